The first-order valence-corrected chi connectivity index (χ1v) is 7.62. The maximum atomic E-state index is 11.0. The molecule has 120 valence electrons. The first-order valence-electron chi connectivity index (χ1n) is 7.62. The maximum Gasteiger partial charge on any atom is 0.293 e. The van der Waals surface area contributed by atoms with Crippen molar-refractivity contribution < 1.29 is 9.53 Å². The summed E-state index contributed by atoms with van der Waals surface area (Å²) in [5.74, 6) is 6.11. The third kappa shape index (κ3) is 2.86. The number of benzene rings is 2. The number of rotatable bonds is 3. The van der Waals surface area contributed by atoms with Crippen LogP contribution >= 0.6 is 0 Å². The van der Waals surface area contributed by atoms with Crippen LogP contribution in [0.5, 0.6) is 0 Å². The topological polar surface area (TPSA) is 81.6 Å². The van der Waals surface area contributed by atoms with Gasteiger partial charge in [0.2, 0.25) is 0 Å². The summed E-state index contributed by atoms with van der Waals surface area (Å²) >= 11 is 0. The zero-order chi connectivity index (χ0) is 16.4. The first kappa shape index (κ1) is 15.7. The van der Waals surface area contributed by atoms with Crippen molar-refractivity contribution >= 4 is 6.47 Å². The van der Waals surface area contributed by atoms with Gasteiger partial charge in [-0.3, -0.25) is 10.6 Å². The van der Waals surface area contributed by atoms with Crippen LogP contribution in [-0.4, -0.2) is 18.5 Å². The van der Waals surface area contributed by atoms with Crippen LogP contribution in [0.1, 0.15) is 40.4 Å². The Bertz CT molecular complexity index is 702. The van der Waals surface area contributed by atoms with Crippen molar-refractivity contribution in [2.24, 2.45) is 11.6 Å². The molecule has 0 radical (unpaired) electrons. The van der Waals surface area contributed by atoms with Crippen LogP contribution in [0.25, 0.3) is 0 Å². The van der Waals surface area contributed by atoms with E-state index >= 15 is 0 Å². The van der Waals surface area contributed by atoms with E-state index in [-0.39, 0.29) is 18.2 Å². The Balaban J connectivity index is 2.19. The van der Waals surface area contributed by atoms with Crippen molar-refractivity contribution in [2.45, 2.75) is 24.6 Å². The van der Waals surface area contributed by atoms with E-state index in [9.17, 15) is 4.79 Å². The lowest BCUT2D eigenvalue weighted by Crippen LogP contribution is -2.40. The van der Waals surface area contributed by atoms with Crippen LogP contribution in [0.4, 0.5) is 0 Å². The molecule has 0 heterocycles. The smallest absolute Gasteiger partial charge is 0.293 e. The standard InChI is InChI=1S/C18H21N3O2/c1-21(20)18-13-7-3-2-6-12(13)10-16(23-11-22)14-8-4-5-9-15(14)17(18)19/h2-9,11,16-18H,10,19-20H2,1H3. The molecule has 5 nitrogen and oxygen atoms in total. The highest BCUT2D eigenvalue weighted by Gasteiger charge is 2.32. The lowest BCUT2D eigenvalue weighted by molar-refractivity contribution is -0.133. The molecule has 3 unspecified atom stereocenters. The molecule has 2 aromatic carbocycles. The predicted octanol–water partition coefficient (Wildman–Crippen LogP) is 2.00. The van der Waals surface area contributed by atoms with Crippen molar-refractivity contribution in [3.63, 3.8) is 0 Å². The van der Waals surface area contributed by atoms with Gasteiger partial charge in [0.25, 0.3) is 6.47 Å². The van der Waals surface area contributed by atoms with Gasteiger partial charge in [-0.05, 0) is 22.3 Å². The van der Waals surface area contributed by atoms with Gasteiger partial charge in [-0.15, -0.1) is 0 Å². The zero-order valence-corrected chi connectivity index (χ0v) is 13.1. The number of hydrazine groups is 1. The molecule has 0 saturated carbocycles. The molecular weight excluding hydrogens is 290 g/mol. The summed E-state index contributed by atoms with van der Waals surface area (Å²) in [7, 11) is 1.82. The number of nitrogens with zero attached hydrogens (tertiary/aromatic N) is 1. The lowest BCUT2D eigenvalue weighted by Gasteiger charge is -2.36. The molecule has 3 rings (SSSR count). The second-order valence-corrected chi connectivity index (χ2v) is 5.89. The summed E-state index contributed by atoms with van der Waals surface area (Å²) in [5.41, 5.74) is 10.6. The molecule has 3 atom stereocenters. The number of fused-ring (bicyclic) bond motifs is 2. The Hall–Kier alpha value is -2.21. The van der Waals surface area contributed by atoms with Crippen LogP contribution in [0, 0.1) is 0 Å². The van der Waals surface area contributed by atoms with E-state index in [1.165, 1.54) is 0 Å². The van der Waals surface area contributed by atoms with E-state index in [1.54, 1.807) is 5.01 Å². The molecule has 0 bridgehead atoms. The normalized spacial score (nSPS) is 23.4. The summed E-state index contributed by atoms with van der Waals surface area (Å²) in [6.45, 7) is 0.504. The van der Waals surface area contributed by atoms with Gasteiger partial charge in [0.05, 0.1) is 12.1 Å². The second-order valence-electron chi connectivity index (χ2n) is 5.89. The number of hydrogen-bond acceptors (Lipinski definition) is 5. The van der Waals surface area contributed by atoms with Gasteiger partial charge in [0, 0.05) is 13.5 Å². The third-order valence-electron chi connectivity index (χ3n) is 4.48. The fraction of sp³-hybridized carbons (Fsp3) is 0.278. The van der Waals surface area contributed by atoms with Gasteiger partial charge in [0.15, 0.2) is 0 Å². The Kier molecular flexibility index (Phi) is 4.43. The molecule has 0 saturated heterocycles. The van der Waals surface area contributed by atoms with Gasteiger partial charge in [0.1, 0.15) is 6.10 Å². The lowest BCUT2D eigenvalue weighted by atomic mass is 9.82. The Morgan fingerprint density at radius 3 is 2.35 bits per heavy atom. The highest BCUT2D eigenvalue weighted by molar-refractivity contribution is 5.44. The van der Waals surface area contributed by atoms with Crippen LogP contribution in [0.3, 0.4) is 0 Å². The minimum Gasteiger partial charge on any atom is -0.459 e. The minimum absolute atomic E-state index is 0.149. The monoisotopic (exact) mass is 311 g/mol. The Morgan fingerprint density at radius 2 is 1.70 bits per heavy atom. The fourth-order valence-corrected chi connectivity index (χ4v) is 3.45. The SMILES string of the molecule is CN(N)C1c2ccccc2CC(OC=O)c2ccccc2C1N. The van der Waals surface area contributed by atoms with E-state index in [0.29, 0.717) is 12.9 Å². The fourth-order valence-electron chi connectivity index (χ4n) is 3.45. The Morgan fingerprint density at radius 1 is 1.09 bits per heavy atom. The molecule has 1 aliphatic carbocycles. The van der Waals surface area contributed by atoms with E-state index in [4.69, 9.17) is 16.3 Å². The molecule has 0 amide bonds. The quantitative estimate of drug-likeness (QED) is 0.515. The molecule has 1 aliphatic rings. The number of carbonyl (C=O) groups excluding carboxylic acids is 1. The highest BCUT2D eigenvalue weighted by atomic mass is 16.5. The first-order chi connectivity index (χ1) is 11.1. The zero-order valence-electron chi connectivity index (χ0n) is 13.1. The van der Waals surface area contributed by atoms with Crippen LogP contribution in [0.2, 0.25) is 0 Å². The molecule has 0 aliphatic heterocycles. The number of hydrogen-bond donors (Lipinski definition) is 2. The van der Waals surface area contributed by atoms with Crippen molar-refractivity contribution in [1.29, 1.82) is 0 Å². The summed E-state index contributed by atoms with van der Waals surface area (Å²) in [4.78, 5) is 11.0. The molecule has 5 heteroatoms. The average molecular weight is 311 g/mol. The summed E-state index contributed by atoms with van der Waals surface area (Å²) in [6.07, 6.45) is 0.253. The molecule has 0 fully saturated rings. The third-order valence-corrected chi connectivity index (χ3v) is 4.48. The number of ether oxygens (including phenoxy) is 1. The summed E-state index contributed by atoms with van der Waals surface area (Å²) in [6, 6.07) is 15.4. The number of likely N-dealkylation sites (N-methyl/N-ethyl adjacent to an activating group) is 1. The van der Waals surface area contributed by atoms with Crippen molar-refractivity contribution in [3.8, 4) is 0 Å². The van der Waals surface area contributed by atoms with Gasteiger partial charge in [-0.1, -0.05) is 48.5 Å². The van der Waals surface area contributed by atoms with Crippen molar-refractivity contribution in [1.82, 2.24) is 5.01 Å². The summed E-state index contributed by atoms with van der Waals surface area (Å²) in [5, 5.41) is 1.65. The van der Waals surface area contributed by atoms with Crippen LogP contribution < -0.4 is 11.6 Å². The highest BCUT2D eigenvalue weighted by Crippen LogP contribution is 2.40. The summed E-state index contributed by atoms with van der Waals surface area (Å²) < 4.78 is 5.36. The van der Waals surface area contributed by atoms with Crippen LogP contribution in [-0.2, 0) is 16.0 Å². The molecule has 23 heavy (non-hydrogen) atoms. The van der Waals surface area contributed by atoms with Crippen molar-refractivity contribution in [3.05, 3.63) is 70.8 Å². The van der Waals surface area contributed by atoms with E-state index < -0.39 is 0 Å². The largest absolute Gasteiger partial charge is 0.459 e. The molecule has 0 aromatic heterocycles. The van der Waals surface area contributed by atoms with E-state index in [0.717, 1.165) is 22.3 Å². The second kappa shape index (κ2) is 6.50. The van der Waals surface area contributed by atoms with Crippen LogP contribution in [0.15, 0.2) is 48.5 Å². The van der Waals surface area contributed by atoms with Gasteiger partial charge in [-0.2, -0.15) is 0 Å². The number of carbonyl (C=O) groups is 1. The number of nitrogens with two attached hydrogens (primary N) is 2. The average Bonchev–Trinajstić information content (AvgIpc) is 2.54. The van der Waals surface area contributed by atoms with E-state index in [1.807, 2.05) is 55.6 Å². The van der Waals surface area contributed by atoms with Gasteiger partial charge >= 0.3 is 0 Å². The van der Waals surface area contributed by atoms with Gasteiger partial charge < -0.3 is 10.5 Å². The maximum absolute atomic E-state index is 11.0. The molecular formula is C18H21N3O2. The van der Waals surface area contributed by atoms with E-state index in [2.05, 4.69) is 0 Å². The minimum atomic E-state index is -0.347. The van der Waals surface area contributed by atoms with Gasteiger partial charge in [-0.25, -0.2) is 5.01 Å². The molecule has 4 N–H and O–H groups in total. The van der Waals surface area contributed by atoms with Crippen molar-refractivity contribution in [2.75, 3.05) is 7.05 Å². The predicted molar refractivity (Wildman–Crippen MR) is 88.1 cm³/mol. The molecule has 0 spiro atoms. The Labute approximate surface area is 135 Å². The molecule has 2 aromatic rings.